The zero-order valence-corrected chi connectivity index (χ0v) is 17.8. The number of likely N-dealkylation sites (tertiary alicyclic amines) is 1. The molecule has 0 atom stereocenters. The lowest BCUT2D eigenvalue weighted by atomic mass is 9.88. The highest BCUT2D eigenvalue weighted by Crippen LogP contribution is 2.28. The first kappa shape index (κ1) is 20.7. The fourth-order valence-electron chi connectivity index (χ4n) is 3.74. The molecule has 0 unspecified atom stereocenters. The summed E-state index contributed by atoms with van der Waals surface area (Å²) < 4.78 is 0. The molecular formula is C24H31N2OS+. The van der Waals surface area contributed by atoms with E-state index in [4.69, 9.17) is 5.73 Å². The second-order valence-electron chi connectivity index (χ2n) is 7.71. The molecular weight excluding hydrogens is 364 g/mol. The molecule has 1 amide bonds. The summed E-state index contributed by atoms with van der Waals surface area (Å²) in [4.78, 5) is 14.8. The van der Waals surface area contributed by atoms with E-state index in [1.807, 2.05) is 11.0 Å². The molecule has 4 heteroatoms. The molecule has 0 bridgehead atoms. The Kier molecular flexibility index (Phi) is 7.35. The lowest BCUT2D eigenvalue weighted by molar-refractivity contribution is -0.131. The number of carbonyl (C=O) groups excluding carboxylic acids is 1. The van der Waals surface area contributed by atoms with E-state index in [-0.39, 0.29) is 16.8 Å². The van der Waals surface area contributed by atoms with Crippen molar-refractivity contribution in [2.75, 3.05) is 25.6 Å². The zero-order chi connectivity index (χ0) is 19.9. The van der Waals surface area contributed by atoms with Crippen molar-refractivity contribution in [2.45, 2.75) is 31.7 Å². The van der Waals surface area contributed by atoms with Crippen molar-refractivity contribution in [1.29, 1.82) is 0 Å². The molecule has 2 aromatic rings. The Labute approximate surface area is 172 Å². The first-order valence-electron chi connectivity index (χ1n) is 9.95. The molecule has 0 spiro atoms. The van der Waals surface area contributed by atoms with Crippen LogP contribution in [0.15, 0.2) is 53.9 Å². The van der Waals surface area contributed by atoms with Crippen LogP contribution >= 0.6 is 0 Å². The smallest absolute Gasteiger partial charge is 0.226 e. The van der Waals surface area contributed by atoms with Gasteiger partial charge in [0.15, 0.2) is 0 Å². The predicted octanol–water partition coefficient (Wildman–Crippen LogP) is 3.94. The van der Waals surface area contributed by atoms with Crippen molar-refractivity contribution >= 4 is 22.9 Å². The molecule has 1 heterocycles. The Morgan fingerprint density at radius 2 is 1.82 bits per heavy atom. The van der Waals surface area contributed by atoms with E-state index < -0.39 is 0 Å². The van der Waals surface area contributed by atoms with Gasteiger partial charge in [-0.25, -0.2) is 0 Å². The van der Waals surface area contributed by atoms with E-state index in [0.29, 0.717) is 18.9 Å². The standard InChI is InChI=1S/C24H31N2OS/c1-28(2)14-11-19-5-3-6-20(15-19)17-24(27)26-12-9-22(10-13-26)23-8-4-7-21(16-23)18-25/h3-8,11,14-16,22H,9-10,12-13,17-18,25H2,1-2H3/q+1/b14-11+. The van der Waals surface area contributed by atoms with Crippen molar-refractivity contribution in [3.05, 3.63) is 76.2 Å². The fourth-order valence-corrected chi connectivity index (χ4v) is 4.17. The third-order valence-electron chi connectivity index (χ3n) is 5.34. The molecule has 0 radical (unpaired) electrons. The van der Waals surface area contributed by atoms with Crippen molar-refractivity contribution in [1.82, 2.24) is 4.90 Å². The summed E-state index contributed by atoms with van der Waals surface area (Å²) in [6.07, 6.45) is 9.08. The Hall–Kier alpha value is -2.04. The van der Waals surface area contributed by atoms with Crippen LogP contribution in [0, 0.1) is 0 Å². The minimum absolute atomic E-state index is 0.237. The highest BCUT2D eigenvalue weighted by atomic mass is 32.2. The van der Waals surface area contributed by atoms with Gasteiger partial charge in [-0.1, -0.05) is 48.5 Å². The van der Waals surface area contributed by atoms with Crippen LogP contribution in [0.1, 0.15) is 41.0 Å². The molecule has 3 nitrogen and oxygen atoms in total. The van der Waals surface area contributed by atoms with Crippen molar-refractivity contribution < 1.29 is 4.79 Å². The Balaban J connectivity index is 1.56. The van der Waals surface area contributed by atoms with Crippen LogP contribution in [0.2, 0.25) is 0 Å². The van der Waals surface area contributed by atoms with Gasteiger partial charge in [-0.05, 0) is 47.1 Å². The van der Waals surface area contributed by atoms with E-state index in [1.54, 1.807) is 0 Å². The highest BCUT2D eigenvalue weighted by molar-refractivity contribution is 7.98. The molecule has 0 saturated carbocycles. The van der Waals surface area contributed by atoms with Crippen molar-refractivity contribution in [3.63, 3.8) is 0 Å². The maximum atomic E-state index is 12.8. The van der Waals surface area contributed by atoms with E-state index in [9.17, 15) is 4.79 Å². The molecule has 148 valence electrons. The van der Waals surface area contributed by atoms with Gasteiger partial charge in [0.1, 0.15) is 17.9 Å². The van der Waals surface area contributed by atoms with Crippen LogP contribution in [-0.2, 0) is 28.7 Å². The average molecular weight is 396 g/mol. The van der Waals surface area contributed by atoms with Gasteiger partial charge in [-0.2, -0.15) is 0 Å². The molecule has 0 aliphatic carbocycles. The molecule has 1 aliphatic heterocycles. The zero-order valence-electron chi connectivity index (χ0n) is 16.9. The summed E-state index contributed by atoms with van der Waals surface area (Å²) in [5.41, 5.74) is 10.6. The van der Waals surface area contributed by atoms with Gasteiger partial charge >= 0.3 is 0 Å². The number of piperidine rings is 1. The van der Waals surface area contributed by atoms with Gasteiger partial charge in [0, 0.05) is 30.5 Å². The van der Waals surface area contributed by atoms with Crippen LogP contribution in [0.4, 0.5) is 0 Å². The number of carbonyl (C=O) groups is 1. The average Bonchev–Trinajstić information content (AvgIpc) is 2.72. The molecule has 0 aromatic heterocycles. The number of nitrogens with two attached hydrogens (primary N) is 1. The van der Waals surface area contributed by atoms with Gasteiger partial charge in [0.25, 0.3) is 0 Å². The van der Waals surface area contributed by atoms with Gasteiger partial charge in [-0.15, -0.1) is 0 Å². The summed E-state index contributed by atoms with van der Waals surface area (Å²) in [5, 5.41) is 2.21. The van der Waals surface area contributed by atoms with Gasteiger partial charge < -0.3 is 10.6 Å². The number of rotatable bonds is 6. The van der Waals surface area contributed by atoms with Gasteiger partial charge in [0.2, 0.25) is 5.91 Å². The molecule has 1 aliphatic rings. The monoisotopic (exact) mass is 395 g/mol. The second-order valence-corrected chi connectivity index (χ2v) is 9.74. The minimum atomic E-state index is 0.237. The van der Waals surface area contributed by atoms with Crippen LogP contribution in [0.25, 0.3) is 6.08 Å². The minimum Gasteiger partial charge on any atom is -0.342 e. The Bertz CT molecular complexity index is 823. The van der Waals surface area contributed by atoms with E-state index in [0.717, 1.165) is 31.5 Å². The largest absolute Gasteiger partial charge is 0.342 e. The topological polar surface area (TPSA) is 46.3 Å². The molecule has 2 N–H and O–H groups in total. The number of benzene rings is 2. The Morgan fingerprint density at radius 3 is 2.54 bits per heavy atom. The first-order chi connectivity index (χ1) is 13.5. The van der Waals surface area contributed by atoms with Crippen LogP contribution in [0.3, 0.4) is 0 Å². The van der Waals surface area contributed by atoms with Crippen molar-refractivity contribution in [3.8, 4) is 0 Å². The third-order valence-corrected chi connectivity index (χ3v) is 6.03. The summed E-state index contributed by atoms with van der Waals surface area (Å²) in [7, 11) is 0.278. The molecule has 2 aromatic carbocycles. The molecule has 1 saturated heterocycles. The maximum Gasteiger partial charge on any atom is 0.226 e. The third kappa shape index (κ3) is 5.73. The summed E-state index contributed by atoms with van der Waals surface area (Å²) in [6.45, 7) is 2.26. The number of hydrogen-bond donors (Lipinski definition) is 1. The number of amides is 1. The first-order valence-corrected chi connectivity index (χ1v) is 12.1. The number of hydrogen-bond acceptors (Lipinski definition) is 2. The lowest BCUT2D eigenvalue weighted by Gasteiger charge is -2.32. The normalized spacial score (nSPS) is 15.5. The van der Waals surface area contributed by atoms with Gasteiger partial charge in [0.05, 0.1) is 6.42 Å². The van der Waals surface area contributed by atoms with Crippen LogP contribution < -0.4 is 5.73 Å². The quantitative estimate of drug-likeness (QED) is 0.753. The van der Waals surface area contributed by atoms with E-state index in [1.165, 1.54) is 16.7 Å². The summed E-state index contributed by atoms with van der Waals surface area (Å²) in [6, 6.07) is 16.9. The van der Waals surface area contributed by atoms with E-state index in [2.05, 4.69) is 66.5 Å². The predicted molar refractivity (Wildman–Crippen MR) is 121 cm³/mol. The van der Waals surface area contributed by atoms with Crippen molar-refractivity contribution in [2.24, 2.45) is 5.73 Å². The van der Waals surface area contributed by atoms with E-state index >= 15 is 0 Å². The molecule has 1 fully saturated rings. The van der Waals surface area contributed by atoms with Crippen LogP contribution in [0.5, 0.6) is 0 Å². The fraction of sp³-hybridized carbons (Fsp3) is 0.375. The van der Waals surface area contributed by atoms with Gasteiger partial charge in [-0.3, -0.25) is 4.79 Å². The van der Waals surface area contributed by atoms with Crippen LogP contribution in [-0.4, -0.2) is 36.4 Å². The summed E-state index contributed by atoms with van der Waals surface area (Å²) in [5.74, 6) is 0.766. The molecule has 3 rings (SSSR count). The lowest BCUT2D eigenvalue weighted by Crippen LogP contribution is -2.38. The molecule has 28 heavy (non-hydrogen) atoms. The maximum absolute atomic E-state index is 12.8. The summed E-state index contributed by atoms with van der Waals surface area (Å²) >= 11 is 0. The second kappa shape index (κ2) is 9.94. The highest BCUT2D eigenvalue weighted by Gasteiger charge is 2.24. The Morgan fingerprint density at radius 1 is 1.11 bits per heavy atom. The SMILES string of the molecule is C[S+](C)/C=C/c1cccc(CC(=O)N2CCC(c3cccc(CN)c3)CC2)c1. The number of nitrogens with zero attached hydrogens (tertiary/aromatic N) is 1.